The van der Waals surface area contributed by atoms with Crippen LogP contribution in [-0.2, 0) is 0 Å². The highest BCUT2D eigenvalue weighted by atomic mass is 16.6. The summed E-state index contributed by atoms with van der Waals surface area (Å²) in [5.41, 5.74) is 1.64. The van der Waals surface area contributed by atoms with E-state index in [0.717, 1.165) is 10.9 Å². The standard InChI is InChI=1S/C15H12N2O2/c18-15(17-12-4-2-1-3-5-12)19-13-7-6-11-8-9-16-14(11)10-13/h1-10,16H,(H,17,18). The minimum Gasteiger partial charge on any atom is -0.410 e. The molecule has 0 radical (unpaired) electrons. The summed E-state index contributed by atoms with van der Waals surface area (Å²) in [5, 5.41) is 3.74. The van der Waals surface area contributed by atoms with Crippen molar-refractivity contribution in [1.29, 1.82) is 0 Å². The first-order valence-electron chi connectivity index (χ1n) is 5.92. The van der Waals surface area contributed by atoms with Crippen LogP contribution in [0.5, 0.6) is 5.75 Å². The summed E-state index contributed by atoms with van der Waals surface area (Å²) in [7, 11) is 0. The second-order valence-electron chi connectivity index (χ2n) is 4.11. The van der Waals surface area contributed by atoms with E-state index in [-0.39, 0.29) is 0 Å². The van der Waals surface area contributed by atoms with Gasteiger partial charge in [0.25, 0.3) is 0 Å². The molecule has 1 heterocycles. The van der Waals surface area contributed by atoms with Crippen LogP contribution in [0.2, 0.25) is 0 Å². The zero-order valence-corrected chi connectivity index (χ0v) is 10.1. The fourth-order valence-electron chi connectivity index (χ4n) is 1.86. The minimum atomic E-state index is -0.503. The maximum absolute atomic E-state index is 11.7. The number of H-pyrrole nitrogens is 1. The monoisotopic (exact) mass is 252 g/mol. The Hall–Kier alpha value is -2.75. The van der Waals surface area contributed by atoms with Crippen LogP contribution in [0.4, 0.5) is 10.5 Å². The van der Waals surface area contributed by atoms with Gasteiger partial charge in [-0.05, 0) is 35.7 Å². The second-order valence-corrected chi connectivity index (χ2v) is 4.11. The summed E-state index contributed by atoms with van der Waals surface area (Å²) in [6.07, 6.45) is 1.34. The molecule has 0 aliphatic carbocycles. The molecule has 4 heteroatoms. The van der Waals surface area contributed by atoms with Gasteiger partial charge in [0, 0.05) is 23.5 Å². The molecule has 3 rings (SSSR count). The molecule has 1 aromatic heterocycles. The Bertz CT molecular complexity index is 704. The third-order valence-corrected chi connectivity index (χ3v) is 2.76. The van der Waals surface area contributed by atoms with Gasteiger partial charge in [-0.2, -0.15) is 0 Å². The number of hydrogen-bond acceptors (Lipinski definition) is 2. The summed E-state index contributed by atoms with van der Waals surface area (Å²) in [6, 6.07) is 16.6. The first-order chi connectivity index (χ1) is 9.31. The van der Waals surface area contributed by atoms with E-state index in [4.69, 9.17) is 4.74 Å². The number of para-hydroxylation sites is 1. The number of fused-ring (bicyclic) bond motifs is 1. The van der Waals surface area contributed by atoms with E-state index >= 15 is 0 Å². The van der Waals surface area contributed by atoms with Crippen molar-refractivity contribution in [2.75, 3.05) is 5.32 Å². The van der Waals surface area contributed by atoms with Gasteiger partial charge in [-0.3, -0.25) is 5.32 Å². The molecule has 1 amide bonds. The summed E-state index contributed by atoms with van der Waals surface area (Å²) in [5.74, 6) is 0.503. The van der Waals surface area contributed by atoms with Crippen LogP contribution in [0.15, 0.2) is 60.8 Å². The molecule has 0 atom stereocenters. The van der Waals surface area contributed by atoms with Gasteiger partial charge in [-0.15, -0.1) is 0 Å². The Morgan fingerprint density at radius 2 is 1.89 bits per heavy atom. The van der Waals surface area contributed by atoms with Crippen molar-refractivity contribution in [3.8, 4) is 5.75 Å². The average molecular weight is 252 g/mol. The quantitative estimate of drug-likeness (QED) is 0.729. The van der Waals surface area contributed by atoms with Crippen molar-refractivity contribution in [2.45, 2.75) is 0 Å². The zero-order valence-electron chi connectivity index (χ0n) is 10.1. The molecule has 0 saturated heterocycles. The Labute approximate surface area is 110 Å². The lowest BCUT2D eigenvalue weighted by Crippen LogP contribution is -2.16. The third-order valence-electron chi connectivity index (χ3n) is 2.76. The van der Waals surface area contributed by atoms with Gasteiger partial charge in [0.15, 0.2) is 0 Å². The van der Waals surface area contributed by atoms with E-state index in [9.17, 15) is 4.79 Å². The van der Waals surface area contributed by atoms with E-state index in [2.05, 4.69) is 10.3 Å². The number of amides is 1. The largest absolute Gasteiger partial charge is 0.417 e. The summed E-state index contributed by atoms with van der Waals surface area (Å²) in [6.45, 7) is 0. The number of anilines is 1. The molecule has 0 bridgehead atoms. The van der Waals surface area contributed by atoms with E-state index < -0.39 is 6.09 Å². The van der Waals surface area contributed by atoms with Gasteiger partial charge in [-0.25, -0.2) is 4.79 Å². The first kappa shape index (κ1) is 11.3. The Morgan fingerprint density at radius 3 is 2.74 bits per heavy atom. The van der Waals surface area contributed by atoms with Crippen LogP contribution in [0.1, 0.15) is 0 Å². The van der Waals surface area contributed by atoms with Crippen molar-refractivity contribution >= 4 is 22.7 Å². The molecular formula is C15H12N2O2. The normalized spacial score (nSPS) is 10.3. The first-order valence-corrected chi connectivity index (χ1v) is 5.92. The molecular weight excluding hydrogens is 240 g/mol. The van der Waals surface area contributed by atoms with Gasteiger partial charge in [0.05, 0.1) is 0 Å². The van der Waals surface area contributed by atoms with Crippen LogP contribution in [-0.4, -0.2) is 11.1 Å². The predicted octanol–water partition coefficient (Wildman–Crippen LogP) is 3.78. The molecule has 2 N–H and O–H groups in total. The second kappa shape index (κ2) is 4.86. The van der Waals surface area contributed by atoms with Crippen molar-refractivity contribution in [3.63, 3.8) is 0 Å². The molecule has 0 unspecified atom stereocenters. The molecule has 3 aromatic rings. The highest BCUT2D eigenvalue weighted by Crippen LogP contribution is 2.20. The number of carbonyl (C=O) groups excluding carboxylic acids is 1. The number of nitrogens with one attached hydrogen (secondary N) is 2. The van der Waals surface area contributed by atoms with Gasteiger partial charge in [-0.1, -0.05) is 18.2 Å². The van der Waals surface area contributed by atoms with Gasteiger partial charge in [0.1, 0.15) is 5.75 Å². The fourth-order valence-corrected chi connectivity index (χ4v) is 1.86. The number of aromatic amines is 1. The molecule has 2 aromatic carbocycles. The maximum atomic E-state index is 11.7. The summed E-state index contributed by atoms with van der Waals surface area (Å²) in [4.78, 5) is 14.8. The summed E-state index contributed by atoms with van der Waals surface area (Å²) < 4.78 is 5.23. The number of rotatable bonds is 2. The zero-order chi connectivity index (χ0) is 13.1. The maximum Gasteiger partial charge on any atom is 0.417 e. The van der Waals surface area contributed by atoms with Gasteiger partial charge in [0.2, 0.25) is 0 Å². The fraction of sp³-hybridized carbons (Fsp3) is 0. The van der Waals surface area contributed by atoms with Crippen molar-refractivity contribution in [1.82, 2.24) is 4.98 Å². The number of carbonyl (C=O) groups is 1. The lowest BCUT2D eigenvalue weighted by molar-refractivity contribution is 0.215. The smallest absolute Gasteiger partial charge is 0.410 e. The Balaban J connectivity index is 1.72. The average Bonchev–Trinajstić information content (AvgIpc) is 2.87. The number of ether oxygens (including phenoxy) is 1. The van der Waals surface area contributed by atoms with E-state index in [1.165, 1.54) is 0 Å². The predicted molar refractivity (Wildman–Crippen MR) is 74.4 cm³/mol. The molecule has 0 saturated carbocycles. The van der Waals surface area contributed by atoms with Gasteiger partial charge < -0.3 is 9.72 Å². The van der Waals surface area contributed by atoms with E-state index in [1.54, 1.807) is 24.3 Å². The topological polar surface area (TPSA) is 54.1 Å². The molecule has 94 valence electrons. The van der Waals surface area contributed by atoms with E-state index in [0.29, 0.717) is 11.4 Å². The third kappa shape index (κ3) is 2.57. The van der Waals surface area contributed by atoms with E-state index in [1.807, 2.05) is 36.5 Å². The van der Waals surface area contributed by atoms with Crippen LogP contribution >= 0.6 is 0 Å². The van der Waals surface area contributed by atoms with Gasteiger partial charge >= 0.3 is 6.09 Å². The number of hydrogen-bond donors (Lipinski definition) is 2. The lowest BCUT2D eigenvalue weighted by Gasteiger charge is -2.06. The highest BCUT2D eigenvalue weighted by molar-refractivity contribution is 5.87. The molecule has 0 fully saturated rings. The molecule has 19 heavy (non-hydrogen) atoms. The molecule has 0 aliphatic heterocycles. The van der Waals surface area contributed by atoms with Crippen LogP contribution in [0.3, 0.4) is 0 Å². The van der Waals surface area contributed by atoms with Crippen LogP contribution in [0.25, 0.3) is 10.9 Å². The number of benzene rings is 2. The Morgan fingerprint density at radius 1 is 1.05 bits per heavy atom. The van der Waals surface area contributed by atoms with Crippen LogP contribution in [0, 0.1) is 0 Å². The lowest BCUT2D eigenvalue weighted by atomic mass is 10.2. The molecule has 0 spiro atoms. The molecule has 4 nitrogen and oxygen atoms in total. The van der Waals surface area contributed by atoms with Crippen LogP contribution < -0.4 is 10.1 Å². The minimum absolute atomic E-state index is 0.503. The molecule has 0 aliphatic rings. The van der Waals surface area contributed by atoms with Crippen molar-refractivity contribution in [2.24, 2.45) is 0 Å². The SMILES string of the molecule is O=C(Nc1ccccc1)Oc1ccc2cc[nH]c2c1. The summed E-state index contributed by atoms with van der Waals surface area (Å²) >= 11 is 0. The van der Waals surface area contributed by atoms with Crippen molar-refractivity contribution in [3.05, 3.63) is 60.8 Å². The number of aromatic nitrogens is 1. The Kier molecular flexibility index (Phi) is 2.90. The highest BCUT2D eigenvalue weighted by Gasteiger charge is 2.05. The van der Waals surface area contributed by atoms with Crippen molar-refractivity contribution < 1.29 is 9.53 Å².